The van der Waals surface area contributed by atoms with E-state index in [0.29, 0.717) is 0 Å². The van der Waals surface area contributed by atoms with E-state index in [4.69, 9.17) is 5.73 Å². The molecule has 0 saturated heterocycles. The third-order valence-corrected chi connectivity index (χ3v) is 2.29. The van der Waals surface area contributed by atoms with Gasteiger partial charge in [-0.3, -0.25) is 0 Å². The lowest BCUT2D eigenvalue weighted by Gasteiger charge is -2.15. The van der Waals surface area contributed by atoms with Crippen molar-refractivity contribution in [2.45, 2.75) is 27.2 Å². The molecule has 15 heavy (non-hydrogen) atoms. The van der Waals surface area contributed by atoms with E-state index in [2.05, 4.69) is 30.7 Å². The number of anilines is 1. The minimum atomic E-state index is 0.239. The molecule has 0 aliphatic carbocycles. The zero-order valence-electron chi connectivity index (χ0n) is 9.46. The predicted molar refractivity (Wildman–Crippen MR) is 63.7 cm³/mol. The standard InChI is InChI=1S/C12H17N3/c1-12(2,3)7-10-14-9-6-4-5-8(13)11(9)15-10/h4-6H,7,13H2,1-3H3,(H,14,15). The molecule has 0 spiro atoms. The molecule has 2 aromatic rings. The first-order valence-electron chi connectivity index (χ1n) is 5.19. The molecule has 0 amide bonds. The Balaban J connectivity index is 2.44. The highest BCUT2D eigenvalue weighted by molar-refractivity contribution is 5.86. The molecule has 3 heteroatoms. The molecular formula is C12H17N3. The number of fused-ring (bicyclic) bond motifs is 1. The molecule has 0 aliphatic heterocycles. The lowest BCUT2D eigenvalue weighted by atomic mass is 9.92. The Morgan fingerprint density at radius 1 is 1.33 bits per heavy atom. The average Bonchev–Trinajstić information content (AvgIpc) is 2.45. The largest absolute Gasteiger partial charge is 0.397 e. The van der Waals surface area contributed by atoms with Crippen molar-refractivity contribution in [3.8, 4) is 0 Å². The summed E-state index contributed by atoms with van der Waals surface area (Å²) in [6, 6.07) is 5.83. The van der Waals surface area contributed by atoms with Crippen LogP contribution in [0.4, 0.5) is 5.69 Å². The fraction of sp³-hybridized carbons (Fsp3) is 0.417. The van der Waals surface area contributed by atoms with E-state index in [-0.39, 0.29) is 5.41 Å². The molecule has 0 radical (unpaired) electrons. The molecule has 0 saturated carbocycles. The summed E-state index contributed by atoms with van der Waals surface area (Å²) >= 11 is 0. The second-order valence-electron chi connectivity index (χ2n) is 5.16. The van der Waals surface area contributed by atoms with Crippen LogP contribution in [0.2, 0.25) is 0 Å². The van der Waals surface area contributed by atoms with E-state index in [1.165, 1.54) is 0 Å². The van der Waals surface area contributed by atoms with E-state index in [0.717, 1.165) is 29.0 Å². The Bertz CT molecular complexity index is 477. The van der Waals surface area contributed by atoms with Crippen molar-refractivity contribution in [1.82, 2.24) is 9.97 Å². The quantitative estimate of drug-likeness (QED) is 0.700. The first kappa shape index (κ1) is 10.0. The van der Waals surface area contributed by atoms with Gasteiger partial charge in [0.15, 0.2) is 0 Å². The summed E-state index contributed by atoms with van der Waals surface area (Å²) < 4.78 is 0. The Kier molecular flexibility index (Phi) is 2.18. The van der Waals surface area contributed by atoms with Gasteiger partial charge in [0, 0.05) is 6.42 Å². The summed E-state index contributed by atoms with van der Waals surface area (Å²) in [5.74, 6) is 1.01. The SMILES string of the molecule is CC(C)(C)Cc1nc2c(N)cccc2[nH]1. The van der Waals surface area contributed by atoms with E-state index in [9.17, 15) is 0 Å². The summed E-state index contributed by atoms with van der Waals surface area (Å²) in [5.41, 5.74) is 8.74. The fourth-order valence-corrected chi connectivity index (χ4v) is 1.69. The number of imidazole rings is 1. The number of H-pyrrole nitrogens is 1. The maximum absolute atomic E-state index is 5.85. The van der Waals surface area contributed by atoms with Crippen molar-refractivity contribution in [2.75, 3.05) is 5.73 Å². The van der Waals surface area contributed by atoms with Crippen molar-refractivity contribution >= 4 is 16.7 Å². The van der Waals surface area contributed by atoms with Crippen LogP contribution in [-0.2, 0) is 6.42 Å². The summed E-state index contributed by atoms with van der Waals surface area (Å²) in [5, 5.41) is 0. The van der Waals surface area contributed by atoms with Gasteiger partial charge in [0.25, 0.3) is 0 Å². The number of nitrogens with zero attached hydrogens (tertiary/aromatic N) is 1. The van der Waals surface area contributed by atoms with Gasteiger partial charge in [-0.2, -0.15) is 0 Å². The number of nitrogens with two attached hydrogens (primary N) is 1. The second-order valence-corrected chi connectivity index (χ2v) is 5.16. The maximum atomic E-state index is 5.85. The predicted octanol–water partition coefficient (Wildman–Crippen LogP) is 2.73. The Labute approximate surface area is 89.7 Å². The lowest BCUT2D eigenvalue weighted by molar-refractivity contribution is 0.402. The average molecular weight is 203 g/mol. The first-order chi connectivity index (χ1) is 6.96. The molecule has 1 heterocycles. The lowest BCUT2D eigenvalue weighted by Crippen LogP contribution is -2.10. The summed E-state index contributed by atoms with van der Waals surface area (Å²) in [6.45, 7) is 6.59. The number of hydrogen-bond donors (Lipinski definition) is 2. The number of aromatic amines is 1. The van der Waals surface area contributed by atoms with Crippen LogP contribution in [0, 0.1) is 5.41 Å². The van der Waals surface area contributed by atoms with Crippen molar-refractivity contribution in [3.63, 3.8) is 0 Å². The number of benzene rings is 1. The minimum Gasteiger partial charge on any atom is -0.397 e. The van der Waals surface area contributed by atoms with E-state index < -0.39 is 0 Å². The van der Waals surface area contributed by atoms with E-state index in [1.54, 1.807) is 0 Å². The highest BCUT2D eigenvalue weighted by Crippen LogP contribution is 2.23. The normalized spacial score (nSPS) is 12.2. The molecule has 0 atom stereocenters. The van der Waals surface area contributed by atoms with Gasteiger partial charge in [-0.05, 0) is 17.5 Å². The van der Waals surface area contributed by atoms with Gasteiger partial charge in [0.2, 0.25) is 0 Å². The van der Waals surface area contributed by atoms with Crippen LogP contribution in [-0.4, -0.2) is 9.97 Å². The monoisotopic (exact) mass is 203 g/mol. The van der Waals surface area contributed by atoms with E-state index in [1.807, 2.05) is 18.2 Å². The number of nitrogen functional groups attached to an aromatic ring is 1. The van der Waals surface area contributed by atoms with Crippen LogP contribution in [0.1, 0.15) is 26.6 Å². The highest BCUT2D eigenvalue weighted by Gasteiger charge is 2.14. The van der Waals surface area contributed by atoms with Gasteiger partial charge in [-0.25, -0.2) is 4.98 Å². The minimum absolute atomic E-state index is 0.239. The summed E-state index contributed by atoms with van der Waals surface area (Å²) in [6.07, 6.45) is 0.932. The Morgan fingerprint density at radius 2 is 2.07 bits per heavy atom. The van der Waals surface area contributed by atoms with Gasteiger partial charge >= 0.3 is 0 Å². The molecule has 1 aromatic heterocycles. The van der Waals surface area contributed by atoms with Crippen molar-refractivity contribution in [3.05, 3.63) is 24.0 Å². The number of rotatable bonds is 1. The van der Waals surface area contributed by atoms with Crippen molar-refractivity contribution in [1.29, 1.82) is 0 Å². The number of hydrogen-bond acceptors (Lipinski definition) is 2. The fourth-order valence-electron chi connectivity index (χ4n) is 1.69. The second kappa shape index (κ2) is 3.26. The summed E-state index contributed by atoms with van der Waals surface area (Å²) in [4.78, 5) is 7.82. The van der Waals surface area contributed by atoms with Gasteiger partial charge in [0.05, 0.1) is 11.2 Å². The van der Waals surface area contributed by atoms with Crippen LogP contribution >= 0.6 is 0 Å². The maximum Gasteiger partial charge on any atom is 0.111 e. The van der Waals surface area contributed by atoms with Crippen molar-refractivity contribution in [2.24, 2.45) is 5.41 Å². The van der Waals surface area contributed by atoms with Gasteiger partial charge < -0.3 is 10.7 Å². The number of para-hydroxylation sites is 1. The van der Waals surface area contributed by atoms with Crippen LogP contribution in [0.25, 0.3) is 11.0 Å². The van der Waals surface area contributed by atoms with Gasteiger partial charge in [0.1, 0.15) is 11.3 Å². The molecule has 0 bridgehead atoms. The van der Waals surface area contributed by atoms with Crippen LogP contribution in [0.3, 0.4) is 0 Å². The third kappa shape index (κ3) is 2.12. The molecule has 0 unspecified atom stereocenters. The van der Waals surface area contributed by atoms with Crippen LogP contribution in [0.5, 0.6) is 0 Å². The zero-order chi connectivity index (χ0) is 11.1. The smallest absolute Gasteiger partial charge is 0.111 e. The van der Waals surface area contributed by atoms with Crippen LogP contribution < -0.4 is 5.73 Å². The molecule has 0 fully saturated rings. The molecule has 2 rings (SSSR count). The third-order valence-electron chi connectivity index (χ3n) is 2.29. The molecular weight excluding hydrogens is 186 g/mol. The molecule has 3 N–H and O–H groups in total. The van der Waals surface area contributed by atoms with Crippen LogP contribution in [0.15, 0.2) is 18.2 Å². The number of aromatic nitrogens is 2. The van der Waals surface area contributed by atoms with Crippen molar-refractivity contribution < 1.29 is 0 Å². The molecule has 1 aromatic carbocycles. The van der Waals surface area contributed by atoms with Gasteiger partial charge in [-0.15, -0.1) is 0 Å². The zero-order valence-corrected chi connectivity index (χ0v) is 9.46. The molecule has 80 valence electrons. The number of nitrogens with one attached hydrogen (secondary N) is 1. The molecule has 3 nitrogen and oxygen atoms in total. The molecule has 0 aliphatic rings. The topological polar surface area (TPSA) is 54.7 Å². The Hall–Kier alpha value is -1.51. The first-order valence-corrected chi connectivity index (χ1v) is 5.19. The van der Waals surface area contributed by atoms with E-state index >= 15 is 0 Å². The highest BCUT2D eigenvalue weighted by atomic mass is 14.9. The van der Waals surface area contributed by atoms with Gasteiger partial charge in [-0.1, -0.05) is 26.8 Å². The Morgan fingerprint density at radius 3 is 2.67 bits per heavy atom. The summed E-state index contributed by atoms with van der Waals surface area (Å²) in [7, 11) is 0.